The summed E-state index contributed by atoms with van der Waals surface area (Å²) in [6.45, 7) is 3.40. The van der Waals surface area contributed by atoms with Crippen LogP contribution >= 0.6 is 0 Å². The Morgan fingerprint density at radius 3 is 2.79 bits per heavy atom. The predicted octanol–water partition coefficient (Wildman–Crippen LogP) is 3.09. The van der Waals surface area contributed by atoms with Crippen molar-refractivity contribution in [1.82, 2.24) is 19.9 Å². The summed E-state index contributed by atoms with van der Waals surface area (Å²) < 4.78 is 16.8. The number of H-pyrrole nitrogens is 1. The van der Waals surface area contributed by atoms with Gasteiger partial charge in [-0.25, -0.2) is 4.98 Å². The van der Waals surface area contributed by atoms with Crippen molar-refractivity contribution >= 4 is 28.8 Å². The maximum Gasteiger partial charge on any atom is 0.320 e. The molecule has 5 rings (SSSR count). The number of para-hydroxylation sites is 1. The summed E-state index contributed by atoms with van der Waals surface area (Å²) in [5.41, 5.74) is 5.05. The number of aromatic nitrogens is 4. The van der Waals surface area contributed by atoms with Crippen molar-refractivity contribution in [3.05, 3.63) is 66.5 Å². The normalized spacial score (nSPS) is 13.9. The molecule has 4 heterocycles. The van der Waals surface area contributed by atoms with E-state index in [1.165, 1.54) is 0 Å². The van der Waals surface area contributed by atoms with Crippen molar-refractivity contribution in [1.29, 1.82) is 0 Å². The number of hydrogen-bond donors (Lipinski definition) is 2. The first kappa shape index (κ1) is 21.7. The highest BCUT2D eigenvalue weighted by molar-refractivity contribution is 5.99. The molecular weight excluding hydrogens is 434 g/mol. The molecule has 4 aromatic rings. The summed E-state index contributed by atoms with van der Waals surface area (Å²) in [6.07, 6.45) is 5.36. The van der Waals surface area contributed by atoms with Gasteiger partial charge in [0, 0.05) is 54.1 Å². The minimum atomic E-state index is 0.249. The van der Waals surface area contributed by atoms with Crippen molar-refractivity contribution in [3.63, 3.8) is 0 Å². The van der Waals surface area contributed by atoms with Gasteiger partial charge in [0.05, 0.1) is 19.4 Å². The van der Waals surface area contributed by atoms with E-state index in [0.29, 0.717) is 31.5 Å². The average Bonchev–Trinajstić information content (AvgIpc) is 3.31. The molecule has 10 nitrogen and oxygen atoms in total. The van der Waals surface area contributed by atoms with E-state index in [2.05, 4.69) is 35.4 Å². The zero-order valence-electron chi connectivity index (χ0n) is 18.6. The minimum Gasteiger partial charge on any atom is -0.474 e. The van der Waals surface area contributed by atoms with E-state index in [0.717, 1.165) is 35.4 Å². The number of benzene rings is 1. The fourth-order valence-corrected chi connectivity index (χ4v) is 3.57. The summed E-state index contributed by atoms with van der Waals surface area (Å²) in [6, 6.07) is 15.7. The molecule has 0 spiro atoms. The topological polar surface area (TPSA) is 110 Å². The quantitative estimate of drug-likeness (QED) is 0.223. The Labute approximate surface area is 196 Å². The van der Waals surface area contributed by atoms with Gasteiger partial charge >= 0.3 is 6.01 Å². The van der Waals surface area contributed by atoms with Crippen molar-refractivity contribution in [2.45, 2.75) is 0 Å². The molecule has 0 atom stereocenters. The highest BCUT2D eigenvalue weighted by atomic mass is 16.5. The molecule has 0 radical (unpaired) electrons. The van der Waals surface area contributed by atoms with E-state index < -0.39 is 0 Å². The van der Waals surface area contributed by atoms with E-state index in [9.17, 15) is 0 Å². The third-order valence-electron chi connectivity index (χ3n) is 5.23. The molecule has 0 bridgehead atoms. The Hall–Kier alpha value is -4.18. The summed E-state index contributed by atoms with van der Waals surface area (Å²) in [7, 11) is 0. The molecule has 0 aliphatic carbocycles. The van der Waals surface area contributed by atoms with Gasteiger partial charge < -0.3 is 24.1 Å². The second kappa shape index (κ2) is 10.6. The van der Waals surface area contributed by atoms with Crippen molar-refractivity contribution in [2.75, 3.05) is 49.8 Å². The molecule has 3 aromatic heterocycles. The molecule has 0 amide bonds. The smallest absolute Gasteiger partial charge is 0.320 e. The number of hydrogen-bond acceptors (Lipinski definition) is 9. The summed E-state index contributed by atoms with van der Waals surface area (Å²) in [5, 5.41) is 5.48. The number of nitrogens with zero attached hydrogens (tertiary/aromatic N) is 5. The maximum atomic E-state index is 5.78. The van der Waals surface area contributed by atoms with Crippen LogP contribution in [0.1, 0.15) is 5.56 Å². The average molecular weight is 460 g/mol. The highest BCUT2D eigenvalue weighted by Gasteiger charge is 2.15. The molecule has 174 valence electrons. The lowest BCUT2D eigenvalue weighted by molar-refractivity contribution is 0.122. The van der Waals surface area contributed by atoms with Crippen LogP contribution in [0.4, 0.5) is 11.6 Å². The Balaban J connectivity index is 1.27. The summed E-state index contributed by atoms with van der Waals surface area (Å²) in [5.74, 6) is 1.83. The van der Waals surface area contributed by atoms with Crippen LogP contribution in [-0.4, -0.2) is 65.7 Å². The first-order valence-electron chi connectivity index (χ1n) is 11.1. The van der Waals surface area contributed by atoms with Crippen molar-refractivity contribution < 1.29 is 14.2 Å². The van der Waals surface area contributed by atoms with Gasteiger partial charge in [0.1, 0.15) is 19.0 Å². The molecule has 1 aliphatic heterocycles. The zero-order chi connectivity index (χ0) is 23.0. The SMILES string of the molecule is C(=N/Nc1cc(N2CCOCC2)nc(OCCOc2ccccn2)n1)/c1c[nH]c2ccccc12. The van der Waals surface area contributed by atoms with E-state index in [1.807, 2.05) is 48.7 Å². The Bertz CT molecular complexity index is 1240. The molecule has 2 N–H and O–H groups in total. The molecule has 10 heteroatoms. The second-order valence-electron chi connectivity index (χ2n) is 7.52. The van der Waals surface area contributed by atoms with Crippen LogP contribution < -0.4 is 19.8 Å². The Morgan fingerprint density at radius 2 is 1.91 bits per heavy atom. The van der Waals surface area contributed by atoms with Crippen molar-refractivity contribution in [3.8, 4) is 11.9 Å². The fourth-order valence-electron chi connectivity index (χ4n) is 3.57. The Morgan fingerprint density at radius 1 is 1.06 bits per heavy atom. The van der Waals surface area contributed by atoms with Crippen LogP contribution in [0, 0.1) is 0 Å². The van der Waals surface area contributed by atoms with Gasteiger partial charge in [0.25, 0.3) is 0 Å². The molecule has 1 aliphatic rings. The number of anilines is 2. The van der Waals surface area contributed by atoms with E-state index in [1.54, 1.807) is 18.5 Å². The van der Waals surface area contributed by atoms with Crippen molar-refractivity contribution in [2.24, 2.45) is 5.10 Å². The van der Waals surface area contributed by atoms with Crippen LogP contribution in [0.3, 0.4) is 0 Å². The minimum absolute atomic E-state index is 0.249. The highest BCUT2D eigenvalue weighted by Crippen LogP contribution is 2.21. The number of morpholine rings is 1. The number of fused-ring (bicyclic) bond motifs is 1. The molecule has 0 saturated carbocycles. The summed E-state index contributed by atoms with van der Waals surface area (Å²) in [4.78, 5) is 18.5. The second-order valence-corrected chi connectivity index (χ2v) is 7.52. The van der Waals surface area contributed by atoms with Crippen LogP contribution in [0.5, 0.6) is 11.9 Å². The lowest BCUT2D eigenvalue weighted by atomic mass is 10.2. The molecule has 1 aromatic carbocycles. The van der Waals surface area contributed by atoms with Gasteiger partial charge in [-0.3, -0.25) is 5.43 Å². The first-order chi connectivity index (χ1) is 16.8. The number of pyridine rings is 1. The Kier molecular flexibility index (Phi) is 6.77. The monoisotopic (exact) mass is 459 g/mol. The third-order valence-corrected chi connectivity index (χ3v) is 5.23. The number of nitrogens with one attached hydrogen (secondary N) is 2. The molecule has 0 unspecified atom stereocenters. The third kappa shape index (κ3) is 5.41. The largest absolute Gasteiger partial charge is 0.474 e. The number of ether oxygens (including phenoxy) is 3. The van der Waals surface area contributed by atoms with Gasteiger partial charge in [0.2, 0.25) is 5.88 Å². The first-order valence-corrected chi connectivity index (χ1v) is 11.1. The van der Waals surface area contributed by atoms with E-state index >= 15 is 0 Å². The van der Waals surface area contributed by atoms with Crippen LogP contribution in [0.25, 0.3) is 10.9 Å². The summed E-state index contributed by atoms with van der Waals surface area (Å²) >= 11 is 0. The molecule has 34 heavy (non-hydrogen) atoms. The van der Waals surface area contributed by atoms with Gasteiger partial charge in [-0.2, -0.15) is 15.1 Å². The zero-order valence-corrected chi connectivity index (χ0v) is 18.6. The molecule has 1 fully saturated rings. The standard InChI is InChI=1S/C24H25N7O3/c1-2-6-20-19(5-1)18(16-26-20)17-27-30-21-15-22(31-9-11-32-12-10-31)29-24(28-21)34-14-13-33-23-7-3-4-8-25-23/h1-8,15-17,26H,9-14H2,(H,28,29,30)/b27-17-. The van der Waals surface area contributed by atoms with Crippen LogP contribution in [0.2, 0.25) is 0 Å². The number of aromatic amines is 1. The molecule has 1 saturated heterocycles. The van der Waals surface area contributed by atoms with Gasteiger partial charge in [-0.1, -0.05) is 24.3 Å². The van der Waals surface area contributed by atoms with E-state index in [-0.39, 0.29) is 12.6 Å². The van der Waals surface area contributed by atoms with Crippen LogP contribution in [0.15, 0.2) is 66.0 Å². The maximum absolute atomic E-state index is 5.78. The van der Waals surface area contributed by atoms with Gasteiger partial charge in [-0.05, 0) is 12.1 Å². The fraction of sp³-hybridized carbons (Fsp3) is 0.250. The van der Waals surface area contributed by atoms with Gasteiger partial charge in [-0.15, -0.1) is 0 Å². The van der Waals surface area contributed by atoms with Crippen LogP contribution in [-0.2, 0) is 4.74 Å². The lowest BCUT2D eigenvalue weighted by Crippen LogP contribution is -2.36. The van der Waals surface area contributed by atoms with Gasteiger partial charge in [0.15, 0.2) is 5.82 Å². The number of rotatable bonds is 9. The number of hydrazone groups is 1. The lowest BCUT2D eigenvalue weighted by Gasteiger charge is -2.28. The molecular formula is C24H25N7O3. The van der Waals surface area contributed by atoms with E-state index in [4.69, 9.17) is 14.2 Å². The predicted molar refractivity (Wildman–Crippen MR) is 130 cm³/mol.